The van der Waals surface area contributed by atoms with Gasteiger partial charge >= 0.3 is 6.03 Å². The summed E-state index contributed by atoms with van der Waals surface area (Å²) in [5.41, 5.74) is 0.903. The number of carbonyl (C=O) groups excluding carboxylic acids is 1. The quantitative estimate of drug-likeness (QED) is 0.885. The summed E-state index contributed by atoms with van der Waals surface area (Å²) in [6.07, 6.45) is 6.11. The summed E-state index contributed by atoms with van der Waals surface area (Å²) in [7, 11) is 0. The summed E-state index contributed by atoms with van der Waals surface area (Å²) in [5, 5.41) is 3.08. The number of aryl methyl sites for hydroxylation is 1. The van der Waals surface area contributed by atoms with Gasteiger partial charge in [0.05, 0.1) is 6.04 Å². The fourth-order valence-corrected chi connectivity index (χ4v) is 3.14. The number of urea groups is 1. The van der Waals surface area contributed by atoms with E-state index in [1.54, 1.807) is 17.2 Å². The van der Waals surface area contributed by atoms with Gasteiger partial charge in [0.1, 0.15) is 11.6 Å². The van der Waals surface area contributed by atoms with E-state index in [1.807, 2.05) is 19.2 Å². The highest BCUT2D eigenvalue weighted by atomic mass is 19.1. The molecule has 128 valence electrons. The van der Waals surface area contributed by atoms with E-state index in [4.69, 9.17) is 0 Å². The summed E-state index contributed by atoms with van der Waals surface area (Å²) in [6.45, 7) is 4.19. The number of fused-ring (bicyclic) bond motifs is 1. The van der Waals surface area contributed by atoms with Crippen molar-refractivity contribution in [2.75, 3.05) is 13.1 Å². The summed E-state index contributed by atoms with van der Waals surface area (Å²) in [5.74, 6) is 0.682. The lowest BCUT2D eigenvalue weighted by Gasteiger charge is -2.24. The topological polar surface area (TPSA) is 50.2 Å². The van der Waals surface area contributed by atoms with Crippen molar-refractivity contribution in [1.29, 1.82) is 0 Å². The predicted molar refractivity (Wildman–Crippen MR) is 90.1 cm³/mol. The minimum absolute atomic E-state index is 0.0268. The van der Waals surface area contributed by atoms with Crippen LogP contribution in [0, 0.1) is 5.82 Å². The third kappa shape index (κ3) is 3.75. The van der Waals surface area contributed by atoms with Gasteiger partial charge in [0, 0.05) is 32.0 Å². The van der Waals surface area contributed by atoms with E-state index in [1.165, 1.54) is 12.1 Å². The molecule has 2 amide bonds. The Morgan fingerprint density at radius 3 is 3.12 bits per heavy atom. The molecular weight excluding hydrogens is 307 g/mol. The molecule has 5 nitrogen and oxygen atoms in total. The Morgan fingerprint density at radius 2 is 2.33 bits per heavy atom. The smallest absolute Gasteiger partial charge is 0.317 e. The number of halogens is 1. The average molecular weight is 330 g/mol. The molecule has 2 heterocycles. The van der Waals surface area contributed by atoms with Crippen LogP contribution in [0.2, 0.25) is 0 Å². The van der Waals surface area contributed by atoms with Crippen LogP contribution in [-0.2, 0) is 13.0 Å². The van der Waals surface area contributed by atoms with E-state index in [0.29, 0.717) is 19.5 Å². The van der Waals surface area contributed by atoms with Crippen molar-refractivity contribution >= 4 is 6.03 Å². The molecule has 2 aromatic rings. The molecule has 1 aromatic heterocycles. The monoisotopic (exact) mass is 330 g/mol. The molecule has 0 saturated carbocycles. The number of imidazole rings is 1. The molecule has 6 heteroatoms. The lowest BCUT2D eigenvalue weighted by Crippen LogP contribution is -2.42. The van der Waals surface area contributed by atoms with Crippen LogP contribution in [0.3, 0.4) is 0 Å². The van der Waals surface area contributed by atoms with E-state index >= 15 is 0 Å². The van der Waals surface area contributed by atoms with Crippen LogP contribution in [0.5, 0.6) is 0 Å². The minimum Gasteiger partial charge on any atom is -0.333 e. The molecule has 0 bridgehead atoms. The largest absolute Gasteiger partial charge is 0.333 e. The first kappa shape index (κ1) is 16.5. The van der Waals surface area contributed by atoms with E-state index in [9.17, 15) is 9.18 Å². The second-order valence-electron chi connectivity index (χ2n) is 6.14. The van der Waals surface area contributed by atoms with Gasteiger partial charge in [0.25, 0.3) is 0 Å². The van der Waals surface area contributed by atoms with Gasteiger partial charge in [-0.1, -0.05) is 19.1 Å². The maximum Gasteiger partial charge on any atom is 0.317 e. The highest BCUT2D eigenvalue weighted by Crippen LogP contribution is 2.23. The maximum atomic E-state index is 13.3. The van der Waals surface area contributed by atoms with E-state index in [-0.39, 0.29) is 17.9 Å². The van der Waals surface area contributed by atoms with Crippen LogP contribution in [0.4, 0.5) is 9.18 Å². The van der Waals surface area contributed by atoms with E-state index in [0.717, 1.165) is 30.8 Å². The number of nitrogens with one attached hydrogen (secondary N) is 1. The molecule has 0 aliphatic carbocycles. The molecule has 0 spiro atoms. The lowest BCUT2D eigenvalue weighted by molar-refractivity contribution is 0.194. The van der Waals surface area contributed by atoms with Gasteiger partial charge < -0.3 is 14.8 Å². The number of hydrogen-bond acceptors (Lipinski definition) is 2. The fraction of sp³-hybridized carbons (Fsp3) is 0.444. The zero-order valence-corrected chi connectivity index (χ0v) is 13.9. The van der Waals surface area contributed by atoms with Crippen LogP contribution in [0.15, 0.2) is 36.7 Å². The number of nitrogens with zero attached hydrogens (tertiary/aromatic N) is 3. The zero-order chi connectivity index (χ0) is 16.9. The van der Waals surface area contributed by atoms with E-state index < -0.39 is 0 Å². The summed E-state index contributed by atoms with van der Waals surface area (Å²) >= 11 is 0. The molecule has 1 aliphatic rings. The molecule has 24 heavy (non-hydrogen) atoms. The second kappa shape index (κ2) is 7.47. The lowest BCUT2D eigenvalue weighted by atomic mass is 10.1. The van der Waals surface area contributed by atoms with Gasteiger partial charge in [-0.15, -0.1) is 0 Å². The van der Waals surface area contributed by atoms with Gasteiger partial charge in [-0.3, -0.25) is 0 Å². The summed E-state index contributed by atoms with van der Waals surface area (Å²) < 4.78 is 15.3. The predicted octanol–water partition coefficient (Wildman–Crippen LogP) is 3.13. The minimum atomic E-state index is -0.239. The Labute approximate surface area is 141 Å². The first-order valence-electron chi connectivity index (χ1n) is 8.48. The van der Waals surface area contributed by atoms with Crippen LogP contribution in [0.25, 0.3) is 0 Å². The SMILES string of the molecule is CCCN(CCc1cccc(F)c1)C(=O)NC1CCn2ccnc21. The molecule has 0 saturated heterocycles. The van der Waals surface area contributed by atoms with Crippen molar-refractivity contribution in [2.24, 2.45) is 0 Å². The van der Waals surface area contributed by atoms with Crippen LogP contribution in [-0.4, -0.2) is 33.6 Å². The molecular formula is C18H23FN4O. The molecule has 1 aromatic carbocycles. The summed E-state index contributed by atoms with van der Waals surface area (Å²) in [4.78, 5) is 18.7. The van der Waals surface area contributed by atoms with Crippen molar-refractivity contribution in [2.45, 2.75) is 38.8 Å². The van der Waals surface area contributed by atoms with Crippen molar-refractivity contribution < 1.29 is 9.18 Å². The van der Waals surface area contributed by atoms with Gasteiger partial charge in [0.15, 0.2) is 0 Å². The normalized spacial score (nSPS) is 16.0. The molecule has 1 unspecified atom stereocenters. The Balaban J connectivity index is 1.59. The fourth-order valence-electron chi connectivity index (χ4n) is 3.14. The molecule has 1 N–H and O–H groups in total. The number of aromatic nitrogens is 2. The van der Waals surface area contributed by atoms with Crippen LogP contribution >= 0.6 is 0 Å². The third-order valence-corrected chi connectivity index (χ3v) is 4.36. The first-order chi connectivity index (χ1) is 11.7. The Kier molecular flexibility index (Phi) is 5.13. The average Bonchev–Trinajstić information content (AvgIpc) is 3.16. The Hall–Kier alpha value is -2.37. The zero-order valence-electron chi connectivity index (χ0n) is 13.9. The molecule has 3 rings (SSSR count). The third-order valence-electron chi connectivity index (χ3n) is 4.36. The van der Waals surface area contributed by atoms with E-state index in [2.05, 4.69) is 14.9 Å². The van der Waals surface area contributed by atoms with Crippen molar-refractivity contribution in [3.63, 3.8) is 0 Å². The van der Waals surface area contributed by atoms with Gasteiger partial charge in [-0.05, 0) is 37.0 Å². The van der Waals surface area contributed by atoms with Crippen LogP contribution < -0.4 is 5.32 Å². The summed E-state index contributed by atoms with van der Waals surface area (Å²) in [6, 6.07) is 6.44. The second-order valence-corrected chi connectivity index (χ2v) is 6.14. The van der Waals surface area contributed by atoms with Gasteiger partial charge in [-0.2, -0.15) is 0 Å². The maximum absolute atomic E-state index is 13.3. The molecule has 0 fully saturated rings. The number of hydrogen-bond donors (Lipinski definition) is 1. The molecule has 1 aliphatic heterocycles. The standard InChI is InChI=1S/C18H23FN4O/c1-2-9-23(10-6-14-4-3-5-15(19)13-14)18(24)21-16-7-11-22-12-8-20-17(16)22/h3-5,8,12-13,16H,2,6-7,9-11H2,1H3,(H,21,24). The highest BCUT2D eigenvalue weighted by Gasteiger charge is 2.26. The number of amides is 2. The number of carbonyl (C=O) groups is 1. The first-order valence-corrected chi connectivity index (χ1v) is 8.48. The highest BCUT2D eigenvalue weighted by molar-refractivity contribution is 5.74. The van der Waals surface area contributed by atoms with Crippen molar-refractivity contribution in [1.82, 2.24) is 19.8 Å². The number of benzene rings is 1. The van der Waals surface area contributed by atoms with Crippen molar-refractivity contribution in [3.05, 3.63) is 53.9 Å². The number of rotatable bonds is 6. The van der Waals surface area contributed by atoms with Crippen LogP contribution in [0.1, 0.15) is 37.2 Å². The molecule has 1 atom stereocenters. The van der Waals surface area contributed by atoms with Gasteiger partial charge in [-0.25, -0.2) is 14.2 Å². The van der Waals surface area contributed by atoms with Gasteiger partial charge in [0.2, 0.25) is 0 Å². The van der Waals surface area contributed by atoms with Crippen molar-refractivity contribution in [3.8, 4) is 0 Å². The molecule has 0 radical (unpaired) electrons. The Morgan fingerprint density at radius 1 is 1.46 bits per heavy atom. The Bertz CT molecular complexity index is 700.